The zero-order valence-corrected chi connectivity index (χ0v) is 11.0. The minimum absolute atomic E-state index is 0.0880. The van der Waals surface area contributed by atoms with E-state index in [1.807, 2.05) is 22.4 Å². The summed E-state index contributed by atoms with van der Waals surface area (Å²) in [6, 6.07) is 3.72. The predicted octanol–water partition coefficient (Wildman–Crippen LogP) is 2.47. The predicted molar refractivity (Wildman–Crippen MR) is 69.8 cm³/mol. The Bertz CT molecular complexity index is 416. The van der Waals surface area contributed by atoms with E-state index in [2.05, 4.69) is 0 Å². The van der Waals surface area contributed by atoms with Crippen molar-refractivity contribution in [2.24, 2.45) is 5.92 Å². The number of rotatable bonds is 4. The lowest BCUT2D eigenvalue weighted by Gasteiger charge is -2.32. The van der Waals surface area contributed by atoms with Crippen molar-refractivity contribution in [3.8, 4) is 0 Å². The molecule has 1 fully saturated rings. The van der Waals surface area contributed by atoms with Gasteiger partial charge in [-0.2, -0.15) is 0 Å². The molecule has 1 atom stereocenters. The fourth-order valence-corrected chi connectivity index (χ4v) is 3.06. The molecule has 0 bridgehead atoms. The van der Waals surface area contributed by atoms with Gasteiger partial charge in [0.25, 0.3) is 5.91 Å². The number of nitrogens with zero attached hydrogens (tertiary/aromatic N) is 1. The second-order valence-electron chi connectivity index (χ2n) is 4.67. The molecule has 1 N–H and O–H groups in total. The highest BCUT2D eigenvalue weighted by Crippen LogP contribution is 2.23. The van der Waals surface area contributed by atoms with Crippen LogP contribution >= 0.6 is 11.3 Å². The Morgan fingerprint density at radius 1 is 1.50 bits per heavy atom. The zero-order valence-electron chi connectivity index (χ0n) is 10.2. The number of likely N-dealkylation sites (tertiary alicyclic amines) is 1. The SMILES string of the molecule is O=C(O)CC[C@@H]1CCCN(C(=O)c2cccs2)C1. The van der Waals surface area contributed by atoms with Gasteiger partial charge in [0.05, 0.1) is 4.88 Å². The molecular weight excluding hydrogens is 250 g/mol. The monoisotopic (exact) mass is 267 g/mol. The Hall–Kier alpha value is -1.36. The van der Waals surface area contributed by atoms with Crippen LogP contribution < -0.4 is 0 Å². The molecule has 1 saturated heterocycles. The quantitative estimate of drug-likeness (QED) is 0.911. The van der Waals surface area contributed by atoms with Gasteiger partial charge in [-0.3, -0.25) is 9.59 Å². The van der Waals surface area contributed by atoms with Crippen molar-refractivity contribution in [2.45, 2.75) is 25.7 Å². The second kappa shape index (κ2) is 6.00. The third kappa shape index (κ3) is 3.32. The van der Waals surface area contributed by atoms with Gasteiger partial charge in [-0.15, -0.1) is 11.3 Å². The maximum Gasteiger partial charge on any atom is 0.303 e. The van der Waals surface area contributed by atoms with E-state index in [9.17, 15) is 9.59 Å². The molecule has 0 aliphatic carbocycles. The second-order valence-corrected chi connectivity index (χ2v) is 5.62. The highest BCUT2D eigenvalue weighted by molar-refractivity contribution is 7.12. The molecule has 0 unspecified atom stereocenters. The molecule has 1 aliphatic rings. The fraction of sp³-hybridized carbons (Fsp3) is 0.538. The molecule has 1 aliphatic heterocycles. The first-order valence-corrected chi connectivity index (χ1v) is 7.09. The van der Waals surface area contributed by atoms with Crippen LogP contribution in [0.15, 0.2) is 17.5 Å². The van der Waals surface area contributed by atoms with Crippen molar-refractivity contribution in [3.05, 3.63) is 22.4 Å². The third-order valence-corrected chi connectivity index (χ3v) is 4.16. The summed E-state index contributed by atoms with van der Waals surface area (Å²) in [5.74, 6) is -0.333. The highest BCUT2D eigenvalue weighted by atomic mass is 32.1. The van der Waals surface area contributed by atoms with Crippen LogP contribution in [0.25, 0.3) is 0 Å². The van der Waals surface area contributed by atoms with Crippen LogP contribution in [-0.4, -0.2) is 35.0 Å². The van der Waals surface area contributed by atoms with Crippen LogP contribution in [0, 0.1) is 5.92 Å². The number of thiophene rings is 1. The van der Waals surface area contributed by atoms with E-state index >= 15 is 0 Å². The Morgan fingerprint density at radius 3 is 3.00 bits per heavy atom. The zero-order chi connectivity index (χ0) is 13.0. The van der Waals surface area contributed by atoms with Crippen LogP contribution in [0.1, 0.15) is 35.4 Å². The molecule has 0 saturated carbocycles. The molecule has 4 nitrogen and oxygen atoms in total. The molecule has 0 radical (unpaired) electrons. The van der Waals surface area contributed by atoms with Crippen molar-refractivity contribution >= 4 is 23.2 Å². The molecule has 98 valence electrons. The molecule has 0 aromatic carbocycles. The summed E-state index contributed by atoms with van der Waals surface area (Å²) in [4.78, 5) is 25.4. The van der Waals surface area contributed by atoms with Gasteiger partial charge in [-0.25, -0.2) is 0 Å². The van der Waals surface area contributed by atoms with Crippen LogP contribution in [0.4, 0.5) is 0 Å². The number of aliphatic carboxylic acids is 1. The van der Waals surface area contributed by atoms with Crippen LogP contribution in [0.3, 0.4) is 0 Å². The third-order valence-electron chi connectivity index (χ3n) is 3.30. The van der Waals surface area contributed by atoms with Crippen molar-refractivity contribution in [3.63, 3.8) is 0 Å². The summed E-state index contributed by atoms with van der Waals surface area (Å²) in [7, 11) is 0. The standard InChI is InChI=1S/C13H17NO3S/c15-12(16)6-5-10-3-1-7-14(9-10)13(17)11-4-2-8-18-11/h2,4,8,10H,1,3,5-7,9H2,(H,15,16)/t10-/m0/s1. The number of piperidine rings is 1. The summed E-state index contributed by atoms with van der Waals surface area (Å²) < 4.78 is 0. The van der Waals surface area contributed by atoms with Gasteiger partial charge in [-0.1, -0.05) is 6.07 Å². The fourth-order valence-electron chi connectivity index (χ4n) is 2.37. The first-order valence-electron chi connectivity index (χ1n) is 6.21. The van der Waals surface area contributed by atoms with Gasteiger partial charge >= 0.3 is 5.97 Å². The Kier molecular flexibility index (Phi) is 4.36. The van der Waals surface area contributed by atoms with Crippen molar-refractivity contribution in [2.75, 3.05) is 13.1 Å². The van der Waals surface area contributed by atoms with E-state index < -0.39 is 5.97 Å². The molecule has 1 aromatic rings. The van der Waals surface area contributed by atoms with Gasteiger partial charge in [0.15, 0.2) is 0 Å². The van der Waals surface area contributed by atoms with Crippen molar-refractivity contribution in [1.82, 2.24) is 4.90 Å². The number of carboxylic acids is 1. The number of carbonyl (C=O) groups is 2. The van der Waals surface area contributed by atoms with Crippen LogP contribution in [-0.2, 0) is 4.79 Å². The Balaban J connectivity index is 1.90. The van der Waals surface area contributed by atoms with E-state index in [-0.39, 0.29) is 12.3 Å². The van der Waals surface area contributed by atoms with Crippen LogP contribution in [0.2, 0.25) is 0 Å². The molecule has 18 heavy (non-hydrogen) atoms. The largest absolute Gasteiger partial charge is 0.481 e. The molecule has 5 heteroatoms. The van der Waals surface area contributed by atoms with E-state index in [0.717, 1.165) is 24.3 Å². The normalized spacial score (nSPS) is 19.8. The molecular formula is C13H17NO3S. The summed E-state index contributed by atoms with van der Waals surface area (Å²) in [6.45, 7) is 1.49. The topological polar surface area (TPSA) is 57.6 Å². The number of carboxylic acid groups (broad SMARTS) is 1. The van der Waals surface area contributed by atoms with Gasteiger partial charge in [0, 0.05) is 19.5 Å². The maximum atomic E-state index is 12.2. The number of carbonyl (C=O) groups excluding carboxylic acids is 1. The lowest BCUT2D eigenvalue weighted by Crippen LogP contribution is -2.39. The lowest BCUT2D eigenvalue weighted by molar-refractivity contribution is -0.137. The average Bonchev–Trinajstić information content (AvgIpc) is 2.89. The molecule has 1 amide bonds. The smallest absolute Gasteiger partial charge is 0.303 e. The average molecular weight is 267 g/mol. The summed E-state index contributed by atoms with van der Waals surface area (Å²) in [5, 5.41) is 10.6. The Labute approximate surface area is 110 Å². The molecule has 1 aromatic heterocycles. The maximum absolute atomic E-state index is 12.2. The number of hydrogen-bond donors (Lipinski definition) is 1. The minimum Gasteiger partial charge on any atom is -0.481 e. The van der Waals surface area contributed by atoms with Crippen molar-refractivity contribution < 1.29 is 14.7 Å². The van der Waals surface area contributed by atoms with Crippen molar-refractivity contribution in [1.29, 1.82) is 0 Å². The Morgan fingerprint density at radius 2 is 2.33 bits per heavy atom. The molecule has 0 spiro atoms. The van der Waals surface area contributed by atoms with Gasteiger partial charge in [0.2, 0.25) is 0 Å². The number of amides is 1. The highest BCUT2D eigenvalue weighted by Gasteiger charge is 2.25. The summed E-state index contributed by atoms with van der Waals surface area (Å²) >= 11 is 1.46. The molecule has 2 heterocycles. The minimum atomic E-state index is -0.753. The lowest BCUT2D eigenvalue weighted by atomic mass is 9.93. The summed E-state index contributed by atoms with van der Waals surface area (Å²) in [5.41, 5.74) is 0. The van der Waals surface area contributed by atoms with E-state index in [1.54, 1.807) is 0 Å². The van der Waals surface area contributed by atoms with E-state index in [4.69, 9.17) is 5.11 Å². The first kappa shape index (κ1) is 13.1. The van der Waals surface area contributed by atoms with E-state index in [1.165, 1.54) is 11.3 Å². The first-order chi connectivity index (χ1) is 8.66. The van der Waals surface area contributed by atoms with Gasteiger partial charge < -0.3 is 10.0 Å². The summed E-state index contributed by atoms with van der Waals surface area (Å²) in [6.07, 6.45) is 2.87. The van der Waals surface area contributed by atoms with Gasteiger partial charge in [-0.05, 0) is 36.6 Å². The van der Waals surface area contributed by atoms with E-state index in [0.29, 0.717) is 18.9 Å². The van der Waals surface area contributed by atoms with Gasteiger partial charge in [0.1, 0.15) is 0 Å². The van der Waals surface area contributed by atoms with Crippen LogP contribution in [0.5, 0.6) is 0 Å². The number of hydrogen-bond acceptors (Lipinski definition) is 3. The molecule has 2 rings (SSSR count).